The third-order valence-corrected chi connectivity index (χ3v) is 3.23. The smallest absolute Gasteiger partial charge is 0.273 e. The van der Waals surface area contributed by atoms with Crippen LogP contribution in [0, 0.1) is 0 Å². The highest BCUT2D eigenvalue weighted by Crippen LogP contribution is 2.25. The zero-order valence-electron chi connectivity index (χ0n) is 8.50. The van der Waals surface area contributed by atoms with Crippen molar-refractivity contribution in [1.29, 1.82) is 0 Å². The summed E-state index contributed by atoms with van der Waals surface area (Å²) >= 11 is 9.12. The van der Waals surface area contributed by atoms with Gasteiger partial charge in [-0.15, -0.1) is 0 Å². The van der Waals surface area contributed by atoms with Crippen molar-refractivity contribution >= 4 is 44.9 Å². The molecule has 0 radical (unpaired) electrons. The molecule has 2 rings (SSSR count). The van der Waals surface area contributed by atoms with E-state index in [1.54, 1.807) is 18.2 Å². The molecule has 5 nitrogen and oxygen atoms in total. The Morgan fingerprint density at radius 1 is 1.47 bits per heavy atom. The first kappa shape index (κ1) is 11.9. The monoisotopic (exact) mass is 314 g/mol. The van der Waals surface area contributed by atoms with Gasteiger partial charge >= 0.3 is 0 Å². The molecule has 1 amide bonds. The van der Waals surface area contributed by atoms with Crippen LogP contribution in [0.4, 0.5) is 11.5 Å². The second kappa shape index (κ2) is 4.77. The molecule has 0 aliphatic heterocycles. The van der Waals surface area contributed by atoms with Gasteiger partial charge in [-0.1, -0.05) is 11.6 Å². The molecule has 0 saturated heterocycles. The average Bonchev–Trinajstić information content (AvgIpc) is 2.70. The SMILES string of the molecule is Nc1cc(C(=O)Nc2ccc(Cl)c(Br)c2)[nH]n1. The van der Waals surface area contributed by atoms with Gasteiger partial charge in [0.1, 0.15) is 11.5 Å². The van der Waals surface area contributed by atoms with Gasteiger partial charge in [-0.2, -0.15) is 5.10 Å². The summed E-state index contributed by atoms with van der Waals surface area (Å²) in [5, 5.41) is 9.46. The minimum atomic E-state index is -0.316. The van der Waals surface area contributed by atoms with Crippen LogP contribution >= 0.6 is 27.5 Å². The summed E-state index contributed by atoms with van der Waals surface area (Å²) in [6.45, 7) is 0. The van der Waals surface area contributed by atoms with Crippen molar-refractivity contribution in [3.05, 3.63) is 39.5 Å². The van der Waals surface area contributed by atoms with Crippen molar-refractivity contribution in [3.8, 4) is 0 Å². The number of aromatic amines is 1. The van der Waals surface area contributed by atoms with Crippen LogP contribution in [0.3, 0.4) is 0 Å². The number of rotatable bonds is 2. The Labute approximate surface area is 110 Å². The standard InChI is InChI=1S/C10H8BrClN4O/c11-6-3-5(1-2-7(6)12)14-10(17)8-4-9(13)16-15-8/h1-4H,(H,14,17)(H3,13,15,16). The van der Waals surface area contributed by atoms with Gasteiger partial charge < -0.3 is 11.1 Å². The first-order valence-electron chi connectivity index (χ1n) is 4.63. The summed E-state index contributed by atoms with van der Waals surface area (Å²) in [7, 11) is 0. The number of hydrogen-bond acceptors (Lipinski definition) is 3. The zero-order valence-corrected chi connectivity index (χ0v) is 10.8. The van der Waals surface area contributed by atoms with E-state index in [9.17, 15) is 4.79 Å². The first-order valence-corrected chi connectivity index (χ1v) is 5.80. The number of nitrogens with one attached hydrogen (secondary N) is 2. The lowest BCUT2D eigenvalue weighted by Crippen LogP contribution is -2.12. The molecule has 0 aliphatic carbocycles. The van der Waals surface area contributed by atoms with Crippen molar-refractivity contribution in [1.82, 2.24) is 10.2 Å². The Balaban J connectivity index is 2.15. The lowest BCUT2D eigenvalue weighted by molar-refractivity contribution is 0.102. The van der Waals surface area contributed by atoms with Crippen molar-refractivity contribution in [2.45, 2.75) is 0 Å². The quantitative estimate of drug-likeness (QED) is 0.796. The number of nitrogens with two attached hydrogens (primary N) is 1. The summed E-state index contributed by atoms with van der Waals surface area (Å²) in [5.41, 5.74) is 6.33. The van der Waals surface area contributed by atoms with Gasteiger partial charge in [-0.3, -0.25) is 9.89 Å². The molecule has 0 fully saturated rings. The molecule has 0 aliphatic rings. The number of benzene rings is 1. The van der Waals surface area contributed by atoms with Crippen LogP contribution in [-0.4, -0.2) is 16.1 Å². The maximum absolute atomic E-state index is 11.7. The molecule has 0 saturated carbocycles. The molecule has 7 heteroatoms. The minimum Gasteiger partial charge on any atom is -0.382 e. The highest BCUT2D eigenvalue weighted by molar-refractivity contribution is 9.10. The Morgan fingerprint density at radius 3 is 2.82 bits per heavy atom. The Bertz CT molecular complexity index is 569. The van der Waals surface area contributed by atoms with E-state index in [0.717, 1.165) is 0 Å². The van der Waals surface area contributed by atoms with E-state index >= 15 is 0 Å². The van der Waals surface area contributed by atoms with Gasteiger partial charge in [-0.05, 0) is 34.1 Å². The van der Waals surface area contributed by atoms with Crippen LogP contribution in [0.15, 0.2) is 28.7 Å². The molecule has 1 aromatic carbocycles. The summed E-state index contributed by atoms with van der Waals surface area (Å²) < 4.78 is 0.709. The number of hydrogen-bond donors (Lipinski definition) is 3. The van der Waals surface area contributed by atoms with Crippen LogP contribution in [0.2, 0.25) is 5.02 Å². The summed E-state index contributed by atoms with van der Waals surface area (Å²) in [6, 6.07) is 6.55. The maximum atomic E-state index is 11.7. The van der Waals surface area contributed by atoms with E-state index in [1.807, 2.05) is 0 Å². The second-order valence-electron chi connectivity index (χ2n) is 3.29. The van der Waals surface area contributed by atoms with Crippen LogP contribution in [0.25, 0.3) is 0 Å². The van der Waals surface area contributed by atoms with Crippen LogP contribution < -0.4 is 11.1 Å². The van der Waals surface area contributed by atoms with E-state index in [1.165, 1.54) is 6.07 Å². The molecule has 0 spiro atoms. The number of nitrogen functional groups attached to an aromatic ring is 1. The highest BCUT2D eigenvalue weighted by Gasteiger charge is 2.09. The minimum absolute atomic E-state index is 0.271. The number of amides is 1. The number of nitrogens with zero attached hydrogens (tertiary/aromatic N) is 1. The van der Waals surface area contributed by atoms with Gasteiger partial charge in [0.05, 0.1) is 5.02 Å². The third-order valence-electron chi connectivity index (χ3n) is 2.02. The molecule has 0 bridgehead atoms. The van der Waals surface area contributed by atoms with Gasteiger partial charge in [-0.25, -0.2) is 0 Å². The molecular weight excluding hydrogens is 307 g/mol. The molecule has 88 valence electrons. The maximum Gasteiger partial charge on any atom is 0.273 e. The first-order chi connectivity index (χ1) is 8.06. The predicted octanol–water partition coefficient (Wildman–Crippen LogP) is 2.66. The molecule has 1 aromatic heterocycles. The van der Waals surface area contributed by atoms with E-state index < -0.39 is 0 Å². The fraction of sp³-hybridized carbons (Fsp3) is 0. The fourth-order valence-electron chi connectivity index (χ4n) is 1.23. The predicted molar refractivity (Wildman–Crippen MR) is 70.1 cm³/mol. The number of carbonyl (C=O) groups excluding carboxylic acids is 1. The number of aromatic nitrogens is 2. The van der Waals surface area contributed by atoms with Crippen molar-refractivity contribution in [2.75, 3.05) is 11.1 Å². The van der Waals surface area contributed by atoms with Crippen molar-refractivity contribution in [3.63, 3.8) is 0 Å². The number of halogens is 2. The molecule has 2 aromatic rings. The van der Waals surface area contributed by atoms with E-state index in [2.05, 4.69) is 31.4 Å². The van der Waals surface area contributed by atoms with Gasteiger partial charge in [0.2, 0.25) is 0 Å². The lowest BCUT2D eigenvalue weighted by atomic mass is 10.3. The summed E-state index contributed by atoms with van der Waals surface area (Å²) in [4.78, 5) is 11.7. The number of anilines is 2. The Kier molecular flexibility index (Phi) is 3.35. The Hall–Kier alpha value is -1.53. The van der Waals surface area contributed by atoms with Gasteiger partial charge in [0.15, 0.2) is 0 Å². The largest absolute Gasteiger partial charge is 0.382 e. The Morgan fingerprint density at radius 2 is 2.24 bits per heavy atom. The number of carbonyl (C=O) groups is 1. The molecular formula is C10H8BrClN4O. The summed E-state index contributed by atoms with van der Waals surface area (Å²) in [6.07, 6.45) is 0. The van der Waals surface area contributed by atoms with Gasteiger partial charge in [0.25, 0.3) is 5.91 Å². The van der Waals surface area contributed by atoms with Gasteiger partial charge in [0, 0.05) is 16.2 Å². The third kappa shape index (κ3) is 2.78. The molecule has 0 atom stereocenters. The zero-order chi connectivity index (χ0) is 12.4. The van der Waals surface area contributed by atoms with E-state index in [0.29, 0.717) is 20.9 Å². The van der Waals surface area contributed by atoms with Crippen LogP contribution in [0.1, 0.15) is 10.5 Å². The van der Waals surface area contributed by atoms with E-state index in [-0.39, 0.29) is 11.7 Å². The molecule has 4 N–H and O–H groups in total. The number of H-pyrrole nitrogens is 1. The van der Waals surface area contributed by atoms with E-state index in [4.69, 9.17) is 17.3 Å². The van der Waals surface area contributed by atoms with Crippen LogP contribution in [0.5, 0.6) is 0 Å². The lowest BCUT2D eigenvalue weighted by Gasteiger charge is -2.04. The highest BCUT2D eigenvalue weighted by atomic mass is 79.9. The van der Waals surface area contributed by atoms with Crippen molar-refractivity contribution in [2.24, 2.45) is 0 Å². The van der Waals surface area contributed by atoms with Crippen molar-refractivity contribution < 1.29 is 4.79 Å². The molecule has 17 heavy (non-hydrogen) atoms. The second-order valence-corrected chi connectivity index (χ2v) is 4.55. The van der Waals surface area contributed by atoms with Crippen LogP contribution in [-0.2, 0) is 0 Å². The topological polar surface area (TPSA) is 83.8 Å². The normalized spacial score (nSPS) is 10.2. The molecule has 1 heterocycles. The summed E-state index contributed by atoms with van der Waals surface area (Å²) in [5.74, 6) is -0.0455. The fourth-order valence-corrected chi connectivity index (χ4v) is 1.72. The molecule has 0 unspecified atom stereocenters. The average molecular weight is 316 g/mol.